The van der Waals surface area contributed by atoms with Crippen molar-refractivity contribution in [2.75, 3.05) is 33.4 Å². The summed E-state index contributed by atoms with van der Waals surface area (Å²) in [5.74, 6) is 1.20. The van der Waals surface area contributed by atoms with Gasteiger partial charge >= 0.3 is 0 Å². The van der Waals surface area contributed by atoms with Crippen LogP contribution in [0.1, 0.15) is 30.4 Å². The Labute approximate surface area is 206 Å². The van der Waals surface area contributed by atoms with Crippen molar-refractivity contribution in [1.29, 1.82) is 0 Å². The number of piperidine rings is 1. The third-order valence-corrected chi connectivity index (χ3v) is 6.31. The topological polar surface area (TPSA) is 69.0 Å². The number of likely N-dealkylation sites (tertiary alicyclic amines) is 1. The molecule has 1 fully saturated rings. The Hall–Kier alpha value is -3.10. The van der Waals surface area contributed by atoms with Gasteiger partial charge in [-0.3, -0.25) is 9.58 Å². The molecule has 8 heteroatoms. The van der Waals surface area contributed by atoms with Crippen LogP contribution in [0.5, 0.6) is 17.2 Å². The first-order chi connectivity index (χ1) is 16.9. The molecule has 0 saturated carbocycles. The van der Waals surface area contributed by atoms with E-state index in [2.05, 4.69) is 16.1 Å². The number of benzene rings is 2. The van der Waals surface area contributed by atoms with Gasteiger partial charge in [0.15, 0.2) is 23.1 Å². The van der Waals surface area contributed by atoms with Crippen LogP contribution in [-0.2, 0) is 13.1 Å². The predicted molar refractivity (Wildman–Crippen MR) is 131 cm³/mol. The molecule has 1 aromatic heterocycles. The van der Waals surface area contributed by atoms with Crippen LogP contribution in [-0.4, -0.2) is 58.8 Å². The highest BCUT2D eigenvalue weighted by atomic mass is 19.1. The number of methoxy groups -OCH3 is 1. The van der Waals surface area contributed by atoms with Crippen molar-refractivity contribution in [3.63, 3.8) is 0 Å². The van der Waals surface area contributed by atoms with E-state index in [1.54, 1.807) is 25.3 Å². The molecule has 0 aliphatic carbocycles. The highest BCUT2D eigenvalue weighted by Crippen LogP contribution is 2.30. The Bertz CT molecular complexity index is 1100. The number of aromatic nitrogens is 2. The zero-order valence-electron chi connectivity index (χ0n) is 20.5. The highest BCUT2D eigenvalue weighted by molar-refractivity contribution is 5.43. The fraction of sp³-hybridized carbons (Fsp3) is 0.444. The zero-order chi connectivity index (χ0) is 24.7. The number of aryl methyl sites for hydroxylation is 2. The number of aliphatic hydroxyl groups is 1. The average molecular weight is 484 g/mol. The number of ether oxygens (including phenoxy) is 3. The number of halogens is 1. The maximum atomic E-state index is 13.8. The van der Waals surface area contributed by atoms with Crippen LogP contribution >= 0.6 is 0 Å². The lowest BCUT2D eigenvalue weighted by Crippen LogP contribution is -2.47. The third-order valence-electron chi connectivity index (χ3n) is 6.31. The van der Waals surface area contributed by atoms with Gasteiger partial charge in [0, 0.05) is 38.8 Å². The van der Waals surface area contributed by atoms with E-state index in [0.717, 1.165) is 49.5 Å². The summed E-state index contributed by atoms with van der Waals surface area (Å²) in [6.45, 7) is 5.70. The molecule has 2 aromatic carbocycles. The molecule has 1 saturated heterocycles. The Morgan fingerprint density at radius 2 is 1.86 bits per heavy atom. The van der Waals surface area contributed by atoms with Gasteiger partial charge in [-0.1, -0.05) is 18.2 Å². The summed E-state index contributed by atoms with van der Waals surface area (Å²) in [5, 5.41) is 15.2. The molecule has 0 radical (unpaired) electrons. The molecule has 1 aliphatic heterocycles. The first-order valence-corrected chi connectivity index (χ1v) is 12.0. The van der Waals surface area contributed by atoms with E-state index in [1.807, 2.05) is 36.1 Å². The van der Waals surface area contributed by atoms with Crippen molar-refractivity contribution in [2.24, 2.45) is 0 Å². The Kier molecular flexibility index (Phi) is 8.25. The lowest BCUT2D eigenvalue weighted by molar-refractivity contribution is -0.0543. The van der Waals surface area contributed by atoms with Crippen molar-refractivity contribution < 1.29 is 23.7 Å². The molecule has 35 heavy (non-hydrogen) atoms. The number of hydrogen-bond acceptors (Lipinski definition) is 6. The fourth-order valence-electron chi connectivity index (χ4n) is 4.23. The van der Waals surface area contributed by atoms with Crippen LogP contribution in [0.2, 0.25) is 0 Å². The van der Waals surface area contributed by atoms with E-state index in [0.29, 0.717) is 25.2 Å². The van der Waals surface area contributed by atoms with E-state index in [4.69, 9.17) is 14.2 Å². The molecule has 1 aliphatic rings. The van der Waals surface area contributed by atoms with Crippen LogP contribution in [0.25, 0.3) is 0 Å². The normalized spacial score (nSPS) is 15.7. The molecule has 2 heterocycles. The SMILES string of the molecule is COc1cc(CN2CCC(O)(COc3ccccc3F)CC2)ccc1OCCCn1cc(C)cn1. The van der Waals surface area contributed by atoms with E-state index >= 15 is 0 Å². The Morgan fingerprint density at radius 1 is 1.06 bits per heavy atom. The fourth-order valence-corrected chi connectivity index (χ4v) is 4.23. The van der Waals surface area contributed by atoms with Crippen LogP contribution in [0.4, 0.5) is 4.39 Å². The molecule has 4 rings (SSSR count). The maximum absolute atomic E-state index is 13.8. The van der Waals surface area contributed by atoms with Gasteiger partial charge in [0.25, 0.3) is 0 Å². The van der Waals surface area contributed by atoms with Gasteiger partial charge in [-0.15, -0.1) is 0 Å². The van der Waals surface area contributed by atoms with Crippen molar-refractivity contribution in [3.8, 4) is 17.2 Å². The monoisotopic (exact) mass is 483 g/mol. The van der Waals surface area contributed by atoms with Crippen molar-refractivity contribution in [2.45, 2.75) is 44.9 Å². The van der Waals surface area contributed by atoms with Crippen molar-refractivity contribution in [1.82, 2.24) is 14.7 Å². The second-order valence-electron chi connectivity index (χ2n) is 9.19. The largest absolute Gasteiger partial charge is 0.493 e. The van der Waals surface area contributed by atoms with Gasteiger partial charge in [-0.05, 0) is 55.2 Å². The molecule has 0 unspecified atom stereocenters. The molecule has 188 valence electrons. The number of nitrogens with zero attached hydrogens (tertiary/aromatic N) is 3. The Balaban J connectivity index is 1.23. The molecule has 7 nitrogen and oxygen atoms in total. The summed E-state index contributed by atoms with van der Waals surface area (Å²) in [7, 11) is 1.65. The lowest BCUT2D eigenvalue weighted by atomic mass is 9.92. The molecule has 3 aromatic rings. The van der Waals surface area contributed by atoms with Crippen LogP contribution in [0, 0.1) is 12.7 Å². The summed E-state index contributed by atoms with van der Waals surface area (Å²) in [6, 6.07) is 12.3. The van der Waals surface area contributed by atoms with Crippen LogP contribution in [0.3, 0.4) is 0 Å². The number of rotatable bonds is 11. The zero-order valence-corrected chi connectivity index (χ0v) is 20.5. The summed E-state index contributed by atoms with van der Waals surface area (Å²) in [5.41, 5.74) is 1.31. The second-order valence-corrected chi connectivity index (χ2v) is 9.19. The first-order valence-electron chi connectivity index (χ1n) is 12.0. The van der Waals surface area contributed by atoms with E-state index in [1.165, 1.54) is 6.07 Å². The van der Waals surface area contributed by atoms with Crippen molar-refractivity contribution in [3.05, 3.63) is 71.8 Å². The predicted octanol–water partition coefficient (Wildman–Crippen LogP) is 4.21. The van der Waals surface area contributed by atoms with Gasteiger partial charge in [0.05, 0.1) is 19.9 Å². The smallest absolute Gasteiger partial charge is 0.165 e. The summed E-state index contributed by atoms with van der Waals surface area (Å²) < 4.78 is 32.8. The van der Waals surface area contributed by atoms with Crippen LogP contribution < -0.4 is 14.2 Å². The van der Waals surface area contributed by atoms with Gasteiger partial charge in [-0.25, -0.2) is 4.39 Å². The van der Waals surface area contributed by atoms with E-state index in [-0.39, 0.29) is 12.4 Å². The maximum Gasteiger partial charge on any atom is 0.165 e. The molecule has 0 spiro atoms. The standard InChI is InChI=1S/C27H34FN3O4/c1-21-17-29-31(18-21)12-5-15-34-25-9-8-22(16-26(25)33-2)19-30-13-10-27(32,11-14-30)20-35-24-7-4-3-6-23(24)28/h3-4,6-9,16-18,32H,5,10-15,19-20H2,1-2H3. The number of hydrogen-bond donors (Lipinski definition) is 1. The van der Waals surface area contributed by atoms with E-state index in [9.17, 15) is 9.50 Å². The van der Waals surface area contributed by atoms with Crippen molar-refractivity contribution >= 4 is 0 Å². The highest BCUT2D eigenvalue weighted by Gasteiger charge is 2.33. The van der Waals surface area contributed by atoms with E-state index < -0.39 is 11.4 Å². The minimum atomic E-state index is -0.955. The molecule has 1 N–H and O–H groups in total. The summed E-state index contributed by atoms with van der Waals surface area (Å²) in [6.07, 6.45) is 5.85. The first kappa shape index (κ1) is 25.0. The quantitative estimate of drug-likeness (QED) is 0.412. The van der Waals surface area contributed by atoms with Gasteiger partial charge in [0.1, 0.15) is 12.2 Å². The molecule has 0 amide bonds. The van der Waals surface area contributed by atoms with Crippen LogP contribution in [0.15, 0.2) is 54.9 Å². The molecular formula is C27H34FN3O4. The molecule has 0 bridgehead atoms. The second kappa shape index (κ2) is 11.6. The molecule has 0 atom stereocenters. The Morgan fingerprint density at radius 3 is 2.57 bits per heavy atom. The van der Waals surface area contributed by atoms with Gasteiger partial charge < -0.3 is 19.3 Å². The summed E-state index contributed by atoms with van der Waals surface area (Å²) in [4.78, 5) is 2.29. The average Bonchev–Trinajstić information content (AvgIpc) is 3.28. The van der Waals surface area contributed by atoms with Gasteiger partial charge in [0.2, 0.25) is 0 Å². The minimum absolute atomic E-state index is 0.0850. The lowest BCUT2D eigenvalue weighted by Gasteiger charge is -2.38. The summed E-state index contributed by atoms with van der Waals surface area (Å²) >= 11 is 0. The third kappa shape index (κ3) is 6.96. The number of para-hydroxylation sites is 1. The van der Waals surface area contributed by atoms with Gasteiger partial charge in [-0.2, -0.15) is 5.10 Å². The molecular weight excluding hydrogens is 449 g/mol. The minimum Gasteiger partial charge on any atom is -0.493 e.